The van der Waals surface area contributed by atoms with Crippen LogP contribution in [0, 0.1) is 0 Å². The number of hydrogen-bond acceptors (Lipinski definition) is 1. The van der Waals surface area contributed by atoms with E-state index in [-0.39, 0.29) is 5.91 Å². The summed E-state index contributed by atoms with van der Waals surface area (Å²) in [5.41, 5.74) is 6.27. The molecule has 0 bridgehead atoms. The van der Waals surface area contributed by atoms with Crippen molar-refractivity contribution in [3.8, 4) is 0 Å². The van der Waals surface area contributed by atoms with Crippen LogP contribution in [0.5, 0.6) is 0 Å². The molecule has 2 nitrogen and oxygen atoms in total. The predicted molar refractivity (Wildman–Crippen MR) is 101 cm³/mol. The van der Waals surface area contributed by atoms with Crippen LogP contribution in [0.2, 0.25) is 0 Å². The minimum atomic E-state index is -2.29. The van der Waals surface area contributed by atoms with Crippen molar-refractivity contribution in [1.29, 1.82) is 0 Å². The third kappa shape index (κ3) is 2.78. The summed E-state index contributed by atoms with van der Waals surface area (Å²) in [5, 5.41) is 3.59. The first-order valence-corrected chi connectivity index (χ1v) is 10.1. The van der Waals surface area contributed by atoms with Gasteiger partial charge in [-0.2, -0.15) is 0 Å². The van der Waals surface area contributed by atoms with Gasteiger partial charge in [0.25, 0.3) is 0 Å². The van der Waals surface area contributed by atoms with E-state index in [4.69, 9.17) is 5.73 Å². The Bertz CT molecular complexity index is 776. The molecule has 0 aliphatic heterocycles. The molecule has 0 saturated heterocycles. The molecule has 1 amide bonds. The molecule has 0 heterocycles. The van der Waals surface area contributed by atoms with Gasteiger partial charge in [0.05, 0.1) is 0 Å². The Morgan fingerprint density at radius 2 is 1.17 bits per heavy atom. The normalized spacial score (nSPS) is 11.9. The molecular formula is C20H20NOP. The summed E-state index contributed by atoms with van der Waals surface area (Å²) in [6.45, 7) is 2.28. The molecule has 0 aliphatic carbocycles. The van der Waals surface area contributed by atoms with E-state index in [9.17, 15) is 4.79 Å². The minimum absolute atomic E-state index is 0.369. The zero-order valence-electron chi connectivity index (χ0n) is 13.1. The van der Waals surface area contributed by atoms with Crippen LogP contribution in [0.15, 0.2) is 84.9 Å². The van der Waals surface area contributed by atoms with Crippen molar-refractivity contribution >= 4 is 29.1 Å². The molecule has 0 radical (unpaired) electrons. The quantitative estimate of drug-likeness (QED) is 0.737. The van der Waals surface area contributed by atoms with Crippen LogP contribution in [0.1, 0.15) is 10.4 Å². The van der Waals surface area contributed by atoms with Crippen molar-refractivity contribution in [2.24, 2.45) is 5.73 Å². The summed E-state index contributed by atoms with van der Waals surface area (Å²) >= 11 is 0. The van der Waals surface area contributed by atoms with Gasteiger partial charge in [0.1, 0.15) is 0 Å². The zero-order chi connectivity index (χ0) is 16.3. The number of primary amides is 1. The number of benzene rings is 3. The Morgan fingerprint density at radius 1 is 0.739 bits per heavy atom. The Balaban J connectivity index is 2.33. The maximum atomic E-state index is 12.0. The SMILES string of the molecule is C[PH](c1ccccc1)(c1ccccc1)c1ccccc1C(N)=O. The van der Waals surface area contributed by atoms with Gasteiger partial charge in [-0.05, 0) is 0 Å². The Labute approximate surface area is 137 Å². The van der Waals surface area contributed by atoms with E-state index in [1.165, 1.54) is 10.6 Å². The summed E-state index contributed by atoms with van der Waals surface area (Å²) < 4.78 is 0. The van der Waals surface area contributed by atoms with Gasteiger partial charge >= 0.3 is 137 Å². The molecule has 0 fully saturated rings. The molecule has 0 spiro atoms. The number of nitrogens with two attached hydrogens (primary N) is 1. The number of rotatable bonds is 4. The van der Waals surface area contributed by atoms with Crippen molar-refractivity contribution < 1.29 is 4.79 Å². The monoisotopic (exact) mass is 321 g/mol. The molecule has 0 aromatic heterocycles. The van der Waals surface area contributed by atoms with Gasteiger partial charge in [-0.15, -0.1) is 0 Å². The molecule has 2 N–H and O–H groups in total. The van der Waals surface area contributed by atoms with Crippen LogP contribution >= 0.6 is 7.26 Å². The molecule has 116 valence electrons. The van der Waals surface area contributed by atoms with E-state index in [1.54, 1.807) is 0 Å². The van der Waals surface area contributed by atoms with Crippen molar-refractivity contribution in [2.75, 3.05) is 6.66 Å². The molecule has 3 heteroatoms. The van der Waals surface area contributed by atoms with Gasteiger partial charge in [0.15, 0.2) is 0 Å². The second kappa shape index (κ2) is 6.36. The van der Waals surface area contributed by atoms with E-state index in [2.05, 4.69) is 55.2 Å². The summed E-state index contributed by atoms with van der Waals surface area (Å²) in [5.74, 6) is -0.369. The van der Waals surface area contributed by atoms with Crippen molar-refractivity contribution in [1.82, 2.24) is 0 Å². The second-order valence-corrected chi connectivity index (χ2v) is 9.71. The van der Waals surface area contributed by atoms with E-state index >= 15 is 0 Å². The summed E-state index contributed by atoms with van der Waals surface area (Å²) in [6, 6.07) is 28.6. The van der Waals surface area contributed by atoms with Gasteiger partial charge in [0, 0.05) is 0 Å². The fraction of sp³-hybridized carbons (Fsp3) is 0.0500. The predicted octanol–water partition coefficient (Wildman–Crippen LogP) is 2.44. The topological polar surface area (TPSA) is 43.1 Å². The van der Waals surface area contributed by atoms with Crippen LogP contribution in [0.4, 0.5) is 0 Å². The van der Waals surface area contributed by atoms with Crippen LogP contribution < -0.4 is 21.6 Å². The van der Waals surface area contributed by atoms with Crippen molar-refractivity contribution in [3.05, 3.63) is 90.5 Å². The molecule has 3 aromatic carbocycles. The molecule has 3 rings (SSSR count). The zero-order valence-corrected chi connectivity index (χ0v) is 14.1. The number of carbonyl (C=O) groups excluding carboxylic acids is 1. The first kappa shape index (κ1) is 15.5. The van der Waals surface area contributed by atoms with Gasteiger partial charge in [-0.25, -0.2) is 0 Å². The first-order chi connectivity index (χ1) is 11.1. The van der Waals surface area contributed by atoms with Crippen LogP contribution in [-0.2, 0) is 0 Å². The van der Waals surface area contributed by atoms with Gasteiger partial charge in [-0.3, -0.25) is 0 Å². The molecule has 0 unspecified atom stereocenters. The Kier molecular flexibility index (Phi) is 4.27. The van der Waals surface area contributed by atoms with Crippen molar-refractivity contribution in [3.63, 3.8) is 0 Å². The third-order valence-corrected chi connectivity index (χ3v) is 8.92. The van der Waals surface area contributed by atoms with Crippen molar-refractivity contribution in [2.45, 2.75) is 0 Å². The van der Waals surface area contributed by atoms with Crippen LogP contribution in [-0.4, -0.2) is 12.6 Å². The molecule has 23 heavy (non-hydrogen) atoms. The fourth-order valence-electron chi connectivity index (χ4n) is 3.15. The average molecular weight is 321 g/mol. The molecule has 0 atom stereocenters. The number of carbonyl (C=O) groups is 1. The van der Waals surface area contributed by atoms with Crippen LogP contribution in [0.25, 0.3) is 0 Å². The van der Waals surface area contributed by atoms with E-state index < -0.39 is 7.26 Å². The van der Waals surface area contributed by atoms with Gasteiger partial charge in [-0.1, -0.05) is 0 Å². The summed E-state index contributed by atoms with van der Waals surface area (Å²) in [4.78, 5) is 12.0. The Hall–Kier alpha value is -2.44. The van der Waals surface area contributed by atoms with E-state index in [0.717, 1.165) is 5.30 Å². The maximum absolute atomic E-state index is 12.0. The molecule has 0 saturated carbocycles. The number of hydrogen-bond donors (Lipinski definition) is 1. The fourth-order valence-corrected chi connectivity index (χ4v) is 7.00. The van der Waals surface area contributed by atoms with Crippen LogP contribution in [0.3, 0.4) is 0 Å². The molecule has 3 aromatic rings. The average Bonchev–Trinajstić information content (AvgIpc) is 2.62. The van der Waals surface area contributed by atoms with Gasteiger partial charge in [0.2, 0.25) is 0 Å². The standard InChI is InChI=1S/C20H20NOP/c1-23(16-10-4-2-5-11-16,17-12-6-3-7-13-17)19-15-9-8-14-18(19)20(21)22/h2-15,23H,1H3,(H2,21,22). The molecule has 0 aliphatic rings. The number of amides is 1. The van der Waals surface area contributed by atoms with Gasteiger partial charge < -0.3 is 0 Å². The second-order valence-electron chi connectivity index (χ2n) is 5.77. The Morgan fingerprint density at radius 3 is 1.65 bits per heavy atom. The third-order valence-electron chi connectivity index (χ3n) is 4.43. The summed E-state index contributed by atoms with van der Waals surface area (Å²) in [7, 11) is -2.29. The molecular weight excluding hydrogens is 301 g/mol. The van der Waals surface area contributed by atoms with E-state index in [0.29, 0.717) is 5.56 Å². The first-order valence-electron chi connectivity index (χ1n) is 7.64. The van der Waals surface area contributed by atoms with E-state index in [1.807, 2.05) is 36.4 Å². The summed E-state index contributed by atoms with van der Waals surface area (Å²) in [6.07, 6.45) is 0.